The van der Waals surface area contributed by atoms with E-state index >= 15 is 0 Å². The van der Waals surface area contributed by atoms with Crippen molar-refractivity contribution in [2.45, 2.75) is 24.9 Å². The van der Waals surface area contributed by atoms with Crippen LogP contribution in [-0.4, -0.2) is 29.7 Å². The van der Waals surface area contributed by atoms with E-state index in [1.807, 2.05) is 29.6 Å². The van der Waals surface area contributed by atoms with E-state index in [9.17, 15) is 5.11 Å². The maximum absolute atomic E-state index is 10.2. The Morgan fingerprint density at radius 1 is 1.22 bits per heavy atom. The smallest absolute Gasteiger partial charge is 0.122 e. The number of phenols is 1. The van der Waals surface area contributed by atoms with E-state index in [-0.39, 0.29) is 0 Å². The maximum Gasteiger partial charge on any atom is 0.122 e. The first-order valence-corrected chi connectivity index (χ1v) is 8.67. The topological polar surface area (TPSA) is 23.5 Å². The molecule has 2 nitrogen and oxygen atoms in total. The molecule has 2 rings (SSSR count). The summed E-state index contributed by atoms with van der Waals surface area (Å²) >= 11 is 3.89. The largest absolute Gasteiger partial charge is 0.508 e. The lowest BCUT2D eigenvalue weighted by molar-refractivity contribution is 0.470. The van der Waals surface area contributed by atoms with E-state index in [0.29, 0.717) is 10.3 Å². The second-order valence-electron chi connectivity index (χ2n) is 4.34. The molecule has 0 saturated carbocycles. The van der Waals surface area contributed by atoms with Crippen LogP contribution >= 0.6 is 23.5 Å². The lowest BCUT2D eigenvalue weighted by atomic mass is 10.2. The molecule has 1 aliphatic rings. The van der Waals surface area contributed by atoms with Crippen molar-refractivity contribution in [1.29, 1.82) is 0 Å². The quantitative estimate of drug-likeness (QED) is 0.898. The van der Waals surface area contributed by atoms with Crippen LogP contribution in [0.2, 0.25) is 0 Å². The van der Waals surface area contributed by atoms with Crippen LogP contribution < -0.4 is 4.90 Å². The molecule has 4 heteroatoms. The summed E-state index contributed by atoms with van der Waals surface area (Å²) in [5.74, 6) is 2.86. The fraction of sp³-hybridized carbons (Fsp3) is 0.571. The van der Waals surface area contributed by atoms with Gasteiger partial charge >= 0.3 is 0 Å². The van der Waals surface area contributed by atoms with Crippen LogP contribution in [0.4, 0.5) is 5.69 Å². The SMILES string of the molecule is CCN(CC)c1ccc(C2SCCCS2)c(O)c1. The molecule has 0 unspecified atom stereocenters. The number of benzene rings is 1. The first-order chi connectivity index (χ1) is 8.76. The van der Waals surface area contributed by atoms with Crippen molar-refractivity contribution < 1.29 is 5.11 Å². The zero-order chi connectivity index (χ0) is 13.0. The fourth-order valence-corrected chi connectivity index (χ4v) is 5.14. The summed E-state index contributed by atoms with van der Waals surface area (Å²) in [4.78, 5) is 2.25. The van der Waals surface area contributed by atoms with E-state index in [1.165, 1.54) is 17.9 Å². The number of hydrogen-bond donors (Lipinski definition) is 1. The molecule has 100 valence electrons. The van der Waals surface area contributed by atoms with Crippen molar-refractivity contribution in [2.75, 3.05) is 29.5 Å². The zero-order valence-corrected chi connectivity index (χ0v) is 12.7. The molecule has 0 spiro atoms. The molecule has 0 atom stereocenters. The van der Waals surface area contributed by atoms with E-state index in [4.69, 9.17) is 0 Å². The minimum Gasteiger partial charge on any atom is -0.508 e. The Kier molecular flexibility index (Phi) is 5.13. The second kappa shape index (κ2) is 6.62. The predicted octanol–water partition coefficient (Wildman–Crippen LogP) is 4.11. The van der Waals surface area contributed by atoms with Gasteiger partial charge in [-0.15, -0.1) is 23.5 Å². The van der Waals surface area contributed by atoms with E-state index in [2.05, 4.69) is 30.9 Å². The predicted molar refractivity (Wildman–Crippen MR) is 83.9 cm³/mol. The molecule has 0 aliphatic carbocycles. The molecular formula is C14H21NOS2. The highest BCUT2D eigenvalue weighted by Gasteiger charge is 2.20. The van der Waals surface area contributed by atoms with Gasteiger partial charge in [-0.05, 0) is 37.8 Å². The Balaban J connectivity index is 2.18. The standard InChI is InChI=1S/C14H21NOS2/c1-3-15(4-2)11-6-7-12(13(16)10-11)14-17-8-5-9-18-14/h6-7,10,14,16H,3-5,8-9H2,1-2H3. The molecule has 1 saturated heterocycles. The number of aromatic hydroxyl groups is 1. The molecule has 1 aromatic carbocycles. The number of rotatable bonds is 4. The number of nitrogens with zero attached hydrogens (tertiary/aromatic N) is 1. The van der Waals surface area contributed by atoms with Gasteiger partial charge in [0.05, 0.1) is 4.58 Å². The molecule has 18 heavy (non-hydrogen) atoms. The zero-order valence-electron chi connectivity index (χ0n) is 11.1. The van der Waals surface area contributed by atoms with Crippen LogP contribution in [0.25, 0.3) is 0 Å². The Labute approximate surface area is 118 Å². The average molecular weight is 283 g/mol. The molecule has 1 aromatic rings. The van der Waals surface area contributed by atoms with Crippen molar-refractivity contribution in [1.82, 2.24) is 0 Å². The Hall–Kier alpha value is -0.480. The number of anilines is 1. The molecule has 0 amide bonds. The third kappa shape index (κ3) is 3.09. The summed E-state index contributed by atoms with van der Waals surface area (Å²) in [6.07, 6.45) is 1.28. The van der Waals surface area contributed by atoms with Gasteiger partial charge in [0.1, 0.15) is 5.75 Å². The minimum absolute atomic E-state index is 0.407. The fourth-order valence-electron chi connectivity index (χ4n) is 2.18. The van der Waals surface area contributed by atoms with Crippen molar-refractivity contribution in [3.8, 4) is 5.75 Å². The van der Waals surface area contributed by atoms with Crippen molar-refractivity contribution in [2.24, 2.45) is 0 Å². The molecule has 1 N–H and O–H groups in total. The molecule has 1 aliphatic heterocycles. The molecular weight excluding hydrogens is 262 g/mol. The molecule has 1 fully saturated rings. The van der Waals surface area contributed by atoms with Crippen molar-refractivity contribution in [3.63, 3.8) is 0 Å². The highest BCUT2D eigenvalue weighted by molar-refractivity contribution is 8.16. The maximum atomic E-state index is 10.2. The number of thioether (sulfide) groups is 2. The molecule has 1 heterocycles. The van der Waals surface area contributed by atoms with Crippen LogP contribution in [0.3, 0.4) is 0 Å². The summed E-state index contributed by atoms with van der Waals surface area (Å²) in [6, 6.07) is 6.15. The lowest BCUT2D eigenvalue weighted by Gasteiger charge is -2.25. The van der Waals surface area contributed by atoms with Gasteiger partial charge in [0.25, 0.3) is 0 Å². The third-order valence-corrected chi connectivity index (χ3v) is 6.20. The molecule has 0 radical (unpaired) electrons. The van der Waals surface area contributed by atoms with Gasteiger partial charge in [-0.3, -0.25) is 0 Å². The Morgan fingerprint density at radius 3 is 2.44 bits per heavy atom. The Morgan fingerprint density at radius 2 is 1.89 bits per heavy atom. The van der Waals surface area contributed by atoms with Crippen LogP contribution in [-0.2, 0) is 0 Å². The first kappa shape index (κ1) is 13.9. The summed E-state index contributed by atoms with van der Waals surface area (Å²) in [5, 5.41) is 10.2. The van der Waals surface area contributed by atoms with Gasteiger partial charge in [0, 0.05) is 30.4 Å². The van der Waals surface area contributed by atoms with Crippen LogP contribution in [0, 0.1) is 0 Å². The van der Waals surface area contributed by atoms with Crippen LogP contribution in [0.15, 0.2) is 18.2 Å². The molecule has 0 aromatic heterocycles. The monoisotopic (exact) mass is 283 g/mol. The van der Waals surface area contributed by atoms with Crippen LogP contribution in [0.5, 0.6) is 5.75 Å². The third-order valence-electron chi connectivity index (χ3n) is 3.22. The average Bonchev–Trinajstić information content (AvgIpc) is 2.41. The van der Waals surface area contributed by atoms with Gasteiger partial charge in [-0.25, -0.2) is 0 Å². The highest BCUT2D eigenvalue weighted by atomic mass is 32.2. The second-order valence-corrected chi connectivity index (χ2v) is 7.07. The van der Waals surface area contributed by atoms with Gasteiger partial charge in [-0.2, -0.15) is 0 Å². The van der Waals surface area contributed by atoms with Crippen molar-refractivity contribution >= 4 is 29.2 Å². The Bertz CT molecular complexity index is 387. The van der Waals surface area contributed by atoms with E-state index in [0.717, 1.165) is 24.3 Å². The normalized spacial score (nSPS) is 16.8. The van der Waals surface area contributed by atoms with Gasteiger partial charge in [0.15, 0.2) is 0 Å². The molecule has 0 bridgehead atoms. The van der Waals surface area contributed by atoms with Crippen molar-refractivity contribution in [3.05, 3.63) is 23.8 Å². The van der Waals surface area contributed by atoms with Gasteiger partial charge in [-0.1, -0.05) is 6.07 Å². The van der Waals surface area contributed by atoms with Gasteiger partial charge in [0.2, 0.25) is 0 Å². The van der Waals surface area contributed by atoms with E-state index in [1.54, 1.807) is 0 Å². The lowest BCUT2D eigenvalue weighted by Crippen LogP contribution is -2.21. The first-order valence-electron chi connectivity index (χ1n) is 6.57. The summed E-state index contributed by atoms with van der Waals surface area (Å²) in [7, 11) is 0. The summed E-state index contributed by atoms with van der Waals surface area (Å²) in [5.41, 5.74) is 2.20. The van der Waals surface area contributed by atoms with E-state index < -0.39 is 0 Å². The number of phenolic OH excluding ortho intramolecular Hbond substituents is 1. The minimum atomic E-state index is 0.407. The summed E-state index contributed by atoms with van der Waals surface area (Å²) < 4.78 is 0.407. The number of hydrogen-bond acceptors (Lipinski definition) is 4. The van der Waals surface area contributed by atoms with Gasteiger partial charge < -0.3 is 10.0 Å². The van der Waals surface area contributed by atoms with Crippen LogP contribution in [0.1, 0.15) is 30.4 Å². The summed E-state index contributed by atoms with van der Waals surface area (Å²) in [6.45, 7) is 6.23. The highest BCUT2D eigenvalue weighted by Crippen LogP contribution is 2.47.